The zero-order valence-corrected chi connectivity index (χ0v) is 21.0. The van der Waals surface area contributed by atoms with Crippen molar-refractivity contribution >= 4 is 21.5 Å². The molecular weight excluding hydrogens is 422 g/mol. The summed E-state index contributed by atoms with van der Waals surface area (Å²) in [6, 6.07) is 33.1. The molecule has 0 aromatic heterocycles. The molecule has 1 aliphatic carbocycles. The zero-order valence-electron chi connectivity index (χ0n) is 21.0. The van der Waals surface area contributed by atoms with Crippen molar-refractivity contribution in [1.82, 2.24) is 0 Å². The summed E-state index contributed by atoms with van der Waals surface area (Å²) in [5.41, 5.74) is 9.63. The van der Waals surface area contributed by atoms with Gasteiger partial charge >= 0.3 is 0 Å². The van der Waals surface area contributed by atoms with Crippen molar-refractivity contribution in [3.8, 4) is 28.3 Å². The third kappa shape index (κ3) is 3.06. The summed E-state index contributed by atoms with van der Waals surface area (Å²) in [6.45, 7) is 11.5. The standard InChI is InChI=1S/C34H29N/c1-33(2,3)32-27-12-8-6-10-25(27)31(26-11-7-9-13-28(26)32)22-15-17-24-23-16-14-21(20-35)18-29(23)34(4,5)30(24)19-22/h6-19H,1-5H3. The molecule has 0 heterocycles. The highest BCUT2D eigenvalue weighted by Gasteiger charge is 2.36. The fourth-order valence-corrected chi connectivity index (χ4v) is 6.21. The van der Waals surface area contributed by atoms with Crippen LogP contribution in [0.4, 0.5) is 0 Å². The highest BCUT2D eigenvalue weighted by atomic mass is 14.4. The summed E-state index contributed by atoms with van der Waals surface area (Å²) in [5.74, 6) is 0. The Kier molecular flexibility index (Phi) is 4.51. The number of rotatable bonds is 1. The van der Waals surface area contributed by atoms with Gasteiger partial charge < -0.3 is 0 Å². The molecule has 0 bridgehead atoms. The van der Waals surface area contributed by atoms with Crippen molar-refractivity contribution in [3.05, 3.63) is 107 Å². The normalized spacial score (nSPS) is 14.1. The number of benzene rings is 5. The molecule has 0 saturated heterocycles. The highest BCUT2D eigenvalue weighted by molar-refractivity contribution is 6.15. The summed E-state index contributed by atoms with van der Waals surface area (Å²) in [5, 5.41) is 14.7. The Hall–Kier alpha value is -3.89. The fraction of sp³-hybridized carbons (Fsp3) is 0.206. The molecule has 5 aromatic carbocycles. The van der Waals surface area contributed by atoms with E-state index < -0.39 is 0 Å². The van der Waals surface area contributed by atoms with Crippen molar-refractivity contribution in [2.45, 2.75) is 45.4 Å². The van der Waals surface area contributed by atoms with E-state index in [0.717, 1.165) is 5.56 Å². The maximum absolute atomic E-state index is 9.48. The van der Waals surface area contributed by atoms with Gasteiger partial charge in [-0.15, -0.1) is 0 Å². The van der Waals surface area contributed by atoms with Gasteiger partial charge in [0.15, 0.2) is 0 Å². The minimum absolute atomic E-state index is 0.0256. The van der Waals surface area contributed by atoms with E-state index in [1.54, 1.807) is 0 Å². The van der Waals surface area contributed by atoms with E-state index in [2.05, 4.69) is 120 Å². The Balaban J connectivity index is 1.68. The van der Waals surface area contributed by atoms with Gasteiger partial charge in [-0.3, -0.25) is 0 Å². The van der Waals surface area contributed by atoms with Crippen LogP contribution in [0, 0.1) is 11.3 Å². The number of nitriles is 1. The first-order chi connectivity index (χ1) is 16.7. The molecular formula is C34H29N. The Morgan fingerprint density at radius 2 is 1.17 bits per heavy atom. The van der Waals surface area contributed by atoms with Crippen LogP contribution in [-0.2, 0) is 10.8 Å². The van der Waals surface area contributed by atoms with Gasteiger partial charge in [-0.25, -0.2) is 0 Å². The summed E-state index contributed by atoms with van der Waals surface area (Å²) in [6.07, 6.45) is 0. The van der Waals surface area contributed by atoms with Crippen molar-refractivity contribution in [2.24, 2.45) is 0 Å². The first-order valence-corrected chi connectivity index (χ1v) is 12.4. The van der Waals surface area contributed by atoms with Gasteiger partial charge in [-0.1, -0.05) is 101 Å². The Bertz CT molecular complexity index is 1650. The van der Waals surface area contributed by atoms with E-state index in [1.165, 1.54) is 60.5 Å². The number of nitrogens with zero attached hydrogens (tertiary/aromatic N) is 1. The third-order valence-electron chi connectivity index (χ3n) is 7.78. The lowest BCUT2D eigenvalue weighted by Crippen LogP contribution is -2.15. The maximum atomic E-state index is 9.48. The van der Waals surface area contributed by atoms with Crippen LogP contribution in [0.1, 0.15) is 56.9 Å². The lowest BCUT2D eigenvalue weighted by atomic mass is 9.77. The Morgan fingerprint density at radius 1 is 0.657 bits per heavy atom. The second kappa shape index (κ2) is 7.30. The topological polar surface area (TPSA) is 23.8 Å². The first-order valence-electron chi connectivity index (χ1n) is 12.4. The van der Waals surface area contributed by atoms with Gasteiger partial charge in [0.25, 0.3) is 0 Å². The Labute approximate surface area is 207 Å². The van der Waals surface area contributed by atoms with E-state index in [0.29, 0.717) is 0 Å². The molecule has 170 valence electrons. The van der Waals surface area contributed by atoms with E-state index in [9.17, 15) is 5.26 Å². The number of hydrogen-bond acceptors (Lipinski definition) is 1. The van der Waals surface area contributed by atoms with Crippen LogP contribution in [0.3, 0.4) is 0 Å². The molecule has 1 nitrogen and oxygen atoms in total. The predicted molar refractivity (Wildman–Crippen MR) is 148 cm³/mol. The molecule has 0 N–H and O–H groups in total. The fourth-order valence-electron chi connectivity index (χ4n) is 6.21. The first kappa shape index (κ1) is 21.6. The number of hydrogen-bond donors (Lipinski definition) is 0. The molecule has 0 amide bonds. The highest BCUT2D eigenvalue weighted by Crippen LogP contribution is 2.51. The molecule has 0 radical (unpaired) electrons. The van der Waals surface area contributed by atoms with E-state index in [-0.39, 0.29) is 10.8 Å². The van der Waals surface area contributed by atoms with Crippen molar-refractivity contribution < 1.29 is 0 Å². The molecule has 0 unspecified atom stereocenters. The van der Waals surface area contributed by atoms with E-state index in [4.69, 9.17) is 0 Å². The van der Waals surface area contributed by atoms with Crippen molar-refractivity contribution in [2.75, 3.05) is 0 Å². The van der Waals surface area contributed by atoms with Gasteiger partial charge in [0.05, 0.1) is 11.6 Å². The molecule has 0 aliphatic heterocycles. The molecule has 5 aromatic rings. The van der Waals surface area contributed by atoms with E-state index >= 15 is 0 Å². The van der Waals surface area contributed by atoms with Crippen LogP contribution >= 0.6 is 0 Å². The monoisotopic (exact) mass is 451 g/mol. The second-order valence-corrected chi connectivity index (χ2v) is 11.3. The summed E-state index contributed by atoms with van der Waals surface area (Å²) < 4.78 is 0. The number of fused-ring (bicyclic) bond motifs is 5. The second-order valence-electron chi connectivity index (χ2n) is 11.3. The van der Waals surface area contributed by atoms with Gasteiger partial charge in [0.1, 0.15) is 0 Å². The third-order valence-corrected chi connectivity index (χ3v) is 7.78. The maximum Gasteiger partial charge on any atom is 0.0991 e. The van der Waals surface area contributed by atoms with Gasteiger partial charge in [0.2, 0.25) is 0 Å². The zero-order chi connectivity index (χ0) is 24.5. The summed E-state index contributed by atoms with van der Waals surface area (Å²) >= 11 is 0. The Morgan fingerprint density at radius 3 is 1.71 bits per heavy atom. The molecule has 0 saturated carbocycles. The molecule has 1 heteroatoms. The van der Waals surface area contributed by atoms with Crippen molar-refractivity contribution in [1.29, 1.82) is 5.26 Å². The average molecular weight is 452 g/mol. The molecule has 0 fully saturated rings. The van der Waals surface area contributed by atoms with Crippen LogP contribution in [0.5, 0.6) is 0 Å². The molecule has 6 rings (SSSR count). The van der Waals surface area contributed by atoms with Gasteiger partial charge in [-0.2, -0.15) is 5.26 Å². The summed E-state index contributed by atoms with van der Waals surface area (Å²) in [4.78, 5) is 0. The molecule has 1 aliphatic rings. The van der Waals surface area contributed by atoms with Crippen molar-refractivity contribution in [3.63, 3.8) is 0 Å². The quantitative estimate of drug-likeness (QED) is 0.233. The molecule has 35 heavy (non-hydrogen) atoms. The van der Waals surface area contributed by atoms with Crippen LogP contribution in [0.15, 0.2) is 84.9 Å². The lowest BCUT2D eigenvalue weighted by Gasteiger charge is -2.27. The van der Waals surface area contributed by atoms with Crippen LogP contribution in [-0.4, -0.2) is 0 Å². The average Bonchev–Trinajstić information content (AvgIpc) is 3.07. The van der Waals surface area contributed by atoms with E-state index in [1.807, 2.05) is 6.07 Å². The molecule has 0 atom stereocenters. The minimum atomic E-state index is -0.162. The predicted octanol–water partition coefficient (Wildman–Crippen LogP) is 9.14. The largest absolute Gasteiger partial charge is 0.192 e. The minimum Gasteiger partial charge on any atom is -0.192 e. The van der Waals surface area contributed by atoms with Gasteiger partial charge in [0, 0.05) is 5.41 Å². The lowest BCUT2D eigenvalue weighted by molar-refractivity contribution is 0.601. The van der Waals surface area contributed by atoms with Crippen LogP contribution < -0.4 is 0 Å². The summed E-state index contributed by atoms with van der Waals surface area (Å²) in [7, 11) is 0. The van der Waals surface area contributed by atoms with Crippen LogP contribution in [0.25, 0.3) is 43.8 Å². The van der Waals surface area contributed by atoms with Gasteiger partial charge in [-0.05, 0) is 84.1 Å². The smallest absolute Gasteiger partial charge is 0.0991 e. The van der Waals surface area contributed by atoms with Crippen LogP contribution in [0.2, 0.25) is 0 Å². The SMILES string of the molecule is CC(C)(C)c1c2ccccc2c(-c2ccc3c(c2)C(C)(C)c2cc(C#N)ccc2-3)c2ccccc12. The molecule has 0 spiro atoms.